The Bertz CT molecular complexity index is 959. The smallest absolute Gasteiger partial charge is 0.339 e. The number of hydrogen-bond donors (Lipinski definition) is 3. The van der Waals surface area contributed by atoms with Crippen molar-refractivity contribution in [3.8, 4) is 17.1 Å². The minimum Gasteiger partial charge on any atom is -0.508 e. The van der Waals surface area contributed by atoms with Gasteiger partial charge in [-0.05, 0) is 31.2 Å². The standard InChI is InChI=1S/C18H18N4O5/c1-2-22-9-13(18(25)26)14(10-22)19-15(24)7-8-16-20-17(21-27-16)11-3-5-12(23)6-4-11/h3-6,9-10,23H,2,7-8H2,1H3,(H,19,24)(H,25,26). The van der Waals surface area contributed by atoms with Crippen molar-refractivity contribution in [2.24, 2.45) is 0 Å². The molecule has 2 aromatic heterocycles. The van der Waals surface area contributed by atoms with E-state index in [0.29, 0.717) is 17.9 Å². The van der Waals surface area contributed by atoms with Crippen molar-refractivity contribution in [2.75, 3.05) is 5.32 Å². The molecule has 27 heavy (non-hydrogen) atoms. The maximum atomic E-state index is 12.1. The number of aromatic nitrogens is 3. The number of phenols is 1. The van der Waals surface area contributed by atoms with Crippen LogP contribution in [0.15, 0.2) is 41.2 Å². The fraction of sp³-hybridized carbons (Fsp3) is 0.222. The van der Waals surface area contributed by atoms with Crippen molar-refractivity contribution in [1.82, 2.24) is 14.7 Å². The van der Waals surface area contributed by atoms with Gasteiger partial charge in [0.2, 0.25) is 17.6 Å². The van der Waals surface area contributed by atoms with Crippen molar-refractivity contribution in [3.05, 3.63) is 48.1 Å². The van der Waals surface area contributed by atoms with Gasteiger partial charge in [0.15, 0.2) is 0 Å². The van der Waals surface area contributed by atoms with Crippen LogP contribution in [0.3, 0.4) is 0 Å². The van der Waals surface area contributed by atoms with Gasteiger partial charge < -0.3 is 24.6 Å². The van der Waals surface area contributed by atoms with E-state index in [1.165, 1.54) is 18.3 Å². The monoisotopic (exact) mass is 370 g/mol. The number of carboxylic acids is 1. The molecule has 9 nitrogen and oxygen atoms in total. The first-order chi connectivity index (χ1) is 13.0. The second kappa shape index (κ2) is 7.73. The zero-order valence-corrected chi connectivity index (χ0v) is 14.5. The van der Waals surface area contributed by atoms with Crippen LogP contribution < -0.4 is 5.32 Å². The molecule has 0 saturated heterocycles. The highest BCUT2D eigenvalue weighted by atomic mass is 16.5. The van der Waals surface area contributed by atoms with E-state index in [1.54, 1.807) is 22.9 Å². The maximum absolute atomic E-state index is 12.1. The van der Waals surface area contributed by atoms with E-state index in [-0.39, 0.29) is 41.6 Å². The number of benzene rings is 1. The Morgan fingerprint density at radius 3 is 2.63 bits per heavy atom. The van der Waals surface area contributed by atoms with Crippen LogP contribution in [0.2, 0.25) is 0 Å². The highest BCUT2D eigenvalue weighted by Crippen LogP contribution is 2.20. The quantitative estimate of drug-likeness (QED) is 0.582. The summed E-state index contributed by atoms with van der Waals surface area (Å²) in [7, 11) is 0. The van der Waals surface area contributed by atoms with E-state index in [1.807, 2.05) is 6.92 Å². The van der Waals surface area contributed by atoms with Gasteiger partial charge in [-0.3, -0.25) is 4.79 Å². The number of rotatable bonds is 7. The molecular weight excluding hydrogens is 352 g/mol. The number of aromatic carboxylic acids is 1. The van der Waals surface area contributed by atoms with E-state index < -0.39 is 5.97 Å². The second-order valence-electron chi connectivity index (χ2n) is 5.83. The van der Waals surface area contributed by atoms with Crippen molar-refractivity contribution in [3.63, 3.8) is 0 Å². The molecule has 1 amide bonds. The Hall–Kier alpha value is -3.62. The lowest BCUT2D eigenvalue weighted by Gasteiger charge is -2.03. The Balaban J connectivity index is 1.61. The van der Waals surface area contributed by atoms with E-state index in [4.69, 9.17) is 4.52 Å². The highest BCUT2D eigenvalue weighted by molar-refractivity contribution is 6.00. The van der Waals surface area contributed by atoms with Crippen LogP contribution in [0.5, 0.6) is 5.75 Å². The van der Waals surface area contributed by atoms with Gasteiger partial charge in [0, 0.05) is 37.3 Å². The molecule has 0 spiro atoms. The molecule has 0 fully saturated rings. The number of carbonyl (C=O) groups excluding carboxylic acids is 1. The molecule has 0 unspecified atom stereocenters. The molecule has 0 aliphatic carbocycles. The first-order valence-corrected chi connectivity index (χ1v) is 8.31. The Kier molecular flexibility index (Phi) is 5.20. The minimum atomic E-state index is -1.10. The summed E-state index contributed by atoms with van der Waals surface area (Å²) in [6.45, 7) is 2.47. The van der Waals surface area contributed by atoms with E-state index in [9.17, 15) is 19.8 Å². The Morgan fingerprint density at radius 2 is 1.96 bits per heavy atom. The lowest BCUT2D eigenvalue weighted by Crippen LogP contribution is -2.14. The van der Waals surface area contributed by atoms with E-state index in [0.717, 1.165) is 0 Å². The third-order valence-corrected chi connectivity index (χ3v) is 3.91. The van der Waals surface area contributed by atoms with Gasteiger partial charge in [0.25, 0.3) is 0 Å². The predicted molar refractivity (Wildman–Crippen MR) is 95.4 cm³/mol. The number of aryl methyl sites for hydroxylation is 2. The molecule has 0 radical (unpaired) electrons. The van der Waals surface area contributed by atoms with Gasteiger partial charge in [-0.25, -0.2) is 4.79 Å². The predicted octanol–water partition coefficient (Wildman–Crippen LogP) is 2.53. The number of aromatic hydroxyl groups is 1. The summed E-state index contributed by atoms with van der Waals surface area (Å²) in [5.41, 5.74) is 0.974. The SMILES string of the molecule is CCn1cc(NC(=O)CCc2nc(-c3ccc(O)cc3)no2)c(C(=O)O)c1. The molecular formula is C18H18N4O5. The highest BCUT2D eigenvalue weighted by Gasteiger charge is 2.16. The number of nitrogens with one attached hydrogen (secondary N) is 1. The summed E-state index contributed by atoms with van der Waals surface area (Å²) in [6.07, 6.45) is 3.33. The number of phenolic OH excluding ortho intramolecular Hbond substituents is 1. The van der Waals surface area contributed by atoms with Gasteiger partial charge in [0.1, 0.15) is 11.3 Å². The molecule has 1 aromatic carbocycles. The molecule has 3 rings (SSSR count). The molecule has 0 aliphatic rings. The van der Waals surface area contributed by atoms with Crippen LogP contribution in [0.25, 0.3) is 11.4 Å². The van der Waals surface area contributed by atoms with Crippen LogP contribution in [0.1, 0.15) is 29.6 Å². The average Bonchev–Trinajstić information content (AvgIpc) is 3.27. The fourth-order valence-electron chi connectivity index (χ4n) is 2.48. The summed E-state index contributed by atoms with van der Waals surface area (Å²) in [6, 6.07) is 6.34. The molecule has 0 bridgehead atoms. The molecule has 0 aliphatic heterocycles. The van der Waals surface area contributed by atoms with E-state index in [2.05, 4.69) is 15.5 Å². The topological polar surface area (TPSA) is 130 Å². The lowest BCUT2D eigenvalue weighted by molar-refractivity contribution is -0.116. The molecule has 2 heterocycles. The zero-order valence-electron chi connectivity index (χ0n) is 14.5. The number of anilines is 1. The first-order valence-electron chi connectivity index (χ1n) is 8.31. The zero-order chi connectivity index (χ0) is 19.4. The third kappa shape index (κ3) is 4.32. The second-order valence-corrected chi connectivity index (χ2v) is 5.83. The summed E-state index contributed by atoms with van der Waals surface area (Å²) in [5, 5.41) is 25.0. The third-order valence-electron chi connectivity index (χ3n) is 3.91. The molecule has 0 atom stereocenters. The van der Waals surface area contributed by atoms with Crippen LogP contribution in [-0.2, 0) is 17.8 Å². The van der Waals surface area contributed by atoms with Crippen molar-refractivity contribution in [1.29, 1.82) is 0 Å². The minimum absolute atomic E-state index is 0.0395. The summed E-state index contributed by atoms with van der Waals surface area (Å²) < 4.78 is 6.81. The van der Waals surface area contributed by atoms with Gasteiger partial charge in [0.05, 0.1) is 5.69 Å². The fourth-order valence-corrected chi connectivity index (χ4v) is 2.48. The lowest BCUT2D eigenvalue weighted by atomic mass is 10.2. The van der Waals surface area contributed by atoms with Gasteiger partial charge >= 0.3 is 5.97 Å². The van der Waals surface area contributed by atoms with Crippen molar-refractivity contribution >= 4 is 17.6 Å². The Labute approximate surface area is 154 Å². The largest absolute Gasteiger partial charge is 0.508 e. The number of carbonyl (C=O) groups is 2. The Morgan fingerprint density at radius 1 is 1.22 bits per heavy atom. The summed E-state index contributed by atoms with van der Waals surface area (Å²) in [5.74, 6) is -0.670. The van der Waals surface area contributed by atoms with Gasteiger partial charge in [-0.1, -0.05) is 5.16 Å². The molecule has 3 N–H and O–H groups in total. The molecule has 9 heteroatoms. The molecule has 3 aromatic rings. The number of amides is 1. The van der Waals surface area contributed by atoms with Gasteiger partial charge in [-0.2, -0.15) is 4.98 Å². The molecule has 0 saturated carbocycles. The number of carboxylic acid groups (broad SMARTS) is 1. The first kappa shape index (κ1) is 18.2. The van der Waals surface area contributed by atoms with Crippen LogP contribution in [0.4, 0.5) is 5.69 Å². The van der Waals surface area contributed by atoms with Gasteiger partial charge in [-0.15, -0.1) is 0 Å². The average molecular weight is 370 g/mol. The summed E-state index contributed by atoms with van der Waals surface area (Å²) >= 11 is 0. The molecule has 140 valence electrons. The summed E-state index contributed by atoms with van der Waals surface area (Å²) in [4.78, 5) is 27.6. The van der Waals surface area contributed by atoms with Crippen LogP contribution in [0, 0.1) is 0 Å². The normalized spacial score (nSPS) is 10.7. The number of nitrogens with zero attached hydrogens (tertiary/aromatic N) is 3. The van der Waals surface area contributed by atoms with Crippen molar-refractivity contribution in [2.45, 2.75) is 26.3 Å². The van der Waals surface area contributed by atoms with E-state index >= 15 is 0 Å². The number of hydrogen-bond acceptors (Lipinski definition) is 6. The maximum Gasteiger partial charge on any atom is 0.339 e. The van der Waals surface area contributed by atoms with Crippen LogP contribution in [-0.4, -0.2) is 36.8 Å². The van der Waals surface area contributed by atoms with Crippen LogP contribution >= 0.6 is 0 Å². The van der Waals surface area contributed by atoms with Crippen molar-refractivity contribution < 1.29 is 24.3 Å².